The lowest BCUT2D eigenvalue weighted by Gasteiger charge is -2.08. The van der Waals surface area contributed by atoms with Gasteiger partial charge in [-0.05, 0) is 36.1 Å². The molecule has 0 spiro atoms. The van der Waals surface area contributed by atoms with E-state index < -0.39 is 5.63 Å². The van der Waals surface area contributed by atoms with Crippen molar-refractivity contribution in [3.05, 3.63) is 75.6 Å². The summed E-state index contributed by atoms with van der Waals surface area (Å²) in [6.07, 6.45) is 0. The van der Waals surface area contributed by atoms with Gasteiger partial charge in [0.05, 0.1) is 0 Å². The molecule has 4 heteroatoms. The summed E-state index contributed by atoms with van der Waals surface area (Å²) in [5, 5.41) is 0.850. The Labute approximate surface area is 146 Å². The number of hydrogen-bond donors (Lipinski definition) is 0. The molecule has 0 saturated carbocycles. The molecule has 0 N–H and O–H groups in total. The van der Waals surface area contributed by atoms with Gasteiger partial charge < -0.3 is 9.15 Å². The highest BCUT2D eigenvalue weighted by molar-refractivity contribution is 5.97. The van der Waals surface area contributed by atoms with Crippen molar-refractivity contribution in [1.82, 2.24) is 0 Å². The van der Waals surface area contributed by atoms with Crippen LogP contribution in [0.2, 0.25) is 0 Å². The minimum Gasteiger partial charge on any atom is -0.485 e. The molecule has 0 aliphatic carbocycles. The fourth-order valence-corrected chi connectivity index (χ4v) is 2.68. The van der Waals surface area contributed by atoms with E-state index >= 15 is 0 Å². The van der Waals surface area contributed by atoms with Crippen LogP contribution in [-0.4, -0.2) is 12.4 Å². The van der Waals surface area contributed by atoms with E-state index in [1.54, 1.807) is 12.1 Å². The number of fused-ring (bicyclic) bond motifs is 1. The average Bonchev–Trinajstić information content (AvgIpc) is 2.59. The Hall–Kier alpha value is -2.88. The first-order valence-electron chi connectivity index (χ1n) is 8.24. The van der Waals surface area contributed by atoms with Gasteiger partial charge in [-0.25, -0.2) is 4.79 Å². The topological polar surface area (TPSA) is 56.5 Å². The molecule has 4 nitrogen and oxygen atoms in total. The summed E-state index contributed by atoms with van der Waals surface area (Å²) in [7, 11) is 0. The summed E-state index contributed by atoms with van der Waals surface area (Å²) in [4.78, 5) is 23.8. The Bertz CT molecular complexity index is 965. The van der Waals surface area contributed by atoms with Crippen LogP contribution in [0.1, 0.15) is 41.3 Å². The minimum atomic E-state index is -0.400. The number of carbonyl (C=O) groups excluding carboxylic acids is 1. The molecule has 25 heavy (non-hydrogen) atoms. The summed E-state index contributed by atoms with van der Waals surface area (Å²) in [5.41, 5.74) is 2.71. The summed E-state index contributed by atoms with van der Waals surface area (Å²) in [5.74, 6) is 0.825. The van der Waals surface area contributed by atoms with Crippen molar-refractivity contribution in [2.45, 2.75) is 26.7 Å². The molecule has 0 aliphatic rings. The van der Waals surface area contributed by atoms with Gasteiger partial charge in [-0.1, -0.05) is 38.1 Å². The van der Waals surface area contributed by atoms with E-state index in [1.807, 2.05) is 37.3 Å². The average molecular weight is 336 g/mol. The third kappa shape index (κ3) is 3.79. The normalized spacial score (nSPS) is 11.0. The molecule has 3 aromatic rings. The lowest BCUT2D eigenvalue weighted by molar-refractivity contribution is 0.0921. The number of aryl methyl sites for hydroxylation is 1. The van der Waals surface area contributed by atoms with E-state index in [-0.39, 0.29) is 12.4 Å². The highest BCUT2D eigenvalue weighted by atomic mass is 16.5. The van der Waals surface area contributed by atoms with Crippen LogP contribution in [0.25, 0.3) is 11.0 Å². The molecule has 0 atom stereocenters. The van der Waals surface area contributed by atoms with E-state index in [0.717, 1.165) is 10.9 Å². The molecule has 3 rings (SSSR count). The van der Waals surface area contributed by atoms with Gasteiger partial charge in [-0.3, -0.25) is 4.79 Å². The zero-order chi connectivity index (χ0) is 18.0. The molecule has 1 heterocycles. The van der Waals surface area contributed by atoms with Crippen molar-refractivity contribution in [2.24, 2.45) is 0 Å². The van der Waals surface area contributed by atoms with E-state index in [4.69, 9.17) is 9.15 Å². The highest BCUT2D eigenvalue weighted by Gasteiger charge is 2.09. The van der Waals surface area contributed by atoms with Crippen molar-refractivity contribution in [2.75, 3.05) is 6.61 Å². The van der Waals surface area contributed by atoms with Crippen molar-refractivity contribution in [1.29, 1.82) is 0 Å². The van der Waals surface area contributed by atoms with Crippen molar-refractivity contribution in [3.63, 3.8) is 0 Å². The number of carbonyl (C=O) groups is 1. The second-order valence-electron chi connectivity index (χ2n) is 6.39. The van der Waals surface area contributed by atoms with Crippen LogP contribution in [0.15, 0.2) is 57.7 Å². The first-order valence-corrected chi connectivity index (χ1v) is 8.24. The number of ketones is 1. The van der Waals surface area contributed by atoms with E-state index in [0.29, 0.717) is 22.8 Å². The third-order valence-electron chi connectivity index (χ3n) is 4.19. The lowest BCUT2D eigenvalue weighted by atomic mass is 10.0. The number of rotatable bonds is 5. The summed E-state index contributed by atoms with van der Waals surface area (Å²) in [6, 6.07) is 14.3. The Morgan fingerprint density at radius 1 is 1.08 bits per heavy atom. The van der Waals surface area contributed by atoms with Gasteiger partial charge in [0.2, 0.25) is 0 Å². The first kappa shape index (κ1) is 17.0. The molecule has 0 aliphatic heterocycles. The Kier molecular flexibility index (Phi) is 4.70. The molecule has 0 saturated heterocycles. The summed E-state index contributed by atoms with van der Waals surface area (Å²) < 4.78 is 10.8. The number of ether oxygens (including phenoxy) is 1. The molecule has 0 fully saturated rings. The SMILES string of the molecule is Cc1cc(=O)oc2cc(OCC(=O)c3ccc(C(C)C)cc3)ccc12. The van der Waals surface area contributed by atoms with Crippen LogP contribution < -0.4 is 10.4 Å². The Balaban J connectivity index is 1.73. The van der Waals surface area contributed by atoms with Crippen LogP contribution >= 0.6 is 0 Å². The monoisotopic (exact) mass is 336 g/mol. The predicted molar refractivity (Wildman–Crippen MR) is 97.6 cm³/mol. The Morgan fingerprint density at radius 2 is 1.80 bits per heavy atom. The van der Waals surface area contributed by atoms with Gasteiger partial charge in [0, 0.05) is 23.1 Å². The molecule has 2 aromatic carbocycles. The van der Waals surface area contributed by atoms with Crippen molar-refractivity contribution in [3.8, 4) is 5.75 Å². The zero-order valence-corrected chi connectivity index (χ0v) is 14.5. The molecule has 1 aromatic heterocycles. The van der Waals surface area contributed by atoms with Gasteiger partial charge in [0.15, 0.2) is 12.4 Å². The molecule has 128 valence electrons. The molecular weight excluding hydrogens is 316 g/mol. The maximum Gasteiger partial charge on any atom is 0.336 e. The minimum absolute atomic E-state index is 0.0669. The van der Waals surface area contributed by atoms with Crippen molar-refractivity contribution < 1.29 is 13.9 Å². The smallest absolute Gasteiger partial charge is 0.336 e. The second kappa shape index (κ2) is 6.93. The highest BCUT2D eigenvalue weighted by Crippen LogP contribution is 2.22. The predicted octanol–water partition coefficient (Wildman–Crippen LogP) is 4.49. The molecule has 0 amide bonds. The van der Waals surface area contributed by atoms with Gasteiger partial charge in [0.25, 0.3) is 0 Å². The zero-order valence-electron chi connectivity index (χ0n) is 14.5. The van der Waals surface area contributed by atoms with Gasteiger partial charge >= 0.3 is 5.63 Å². The summed E-state index contributed by atoms with van der Waals surface area (Å²) >= 11 is 0. The second-order valence-corrected chi connectivity index (χ2v) is 6.39. The molecule has 0 bridgehead atoms. The Morgan fingerprint density at radius 3 is 2.48 bits per heavy atom. The summed E-state index contributed by atoms with van der Waals surface area (Å²) in [6.45, 7) is 6.01. The van der Waals surface area contributed by atoms with Crippen LogP contribution in [0.5, 0.6) is 5.75 Å². The molecular formula is C21H20O4. The van der Waals surface area contributed by atoms with E-state index in [9.17, 15) is 9.59 Å². The molecule has 0 radical (unpaired) electrons. The van der Waals surface area contributed by atoms with Gasteiger partial charge in [0.1, 0.15) is 11.3 Å². The van der Waals surface area contributed by atoms with Gasteiger partial charge in [-0.15, -0.1) is 0 Å². The largest absolute Gasteiger partial charge is 0.485 e. The van der Waals surface area contributed by atoms with E-state index in [2.05, 4.69) is 13.8 Å². The van der Waals surface area contributed by atoms with Crippen molar-refractivity contribution >= 4 is 16.8 Å². The molecule has 0 unspecified atom stereocenters. The third-order valence-corrected chi connectivity index (χ3v) is 4.19. The quantitative estimate of drug-likeness (QED) is 0.509. The fraction of sp³-hybridized carbons (Fsp3) is 0.238. The maximum atomic E-state index is 12.3. The van der Waals surface area contributed by atoms with E-state index in [1.165, 1.54) is 11.6 Å². The fourth-order valence-electron chi connectivity index (χ4n) is 2.68. The van der Waals surface area contributed by atoms with Crippen LogP contribution in [0.4, 0.5) is 0 Å². The van der Waals surface area contributed by atoms with Gasteiger partial charge in [-0.2, -0.15) is 0 Å². The lowest BCUT2D eigenvalue weighted by Crippen LogP contribution is -2.11. The standard InChI is InChI=1S/C21H20O4/c1-13(2)15-4-6-16(7-5-15)19(22)12-24-17-8-9-18-14(3)10-21(23)25-20(18)11-17/h4-11,13H,12H2,1-3H3. The van der Waals surface area contributed by atoms with Crippen LogP contribution in [0.3, 0.4) is 0 Å². The first-order chi connectivity index (χ1) is 11.9. The number of Topliss-reactive ketones (excluding diaryl/α,β-unsaturated/α-hetero) is 1. The maximum absolute atomic E-state index is 12.3. The van der Waals surface area contributed by atoms with Crippen LogP contribution in [-0.2, 0) is 0 Å². The number of hydrogen-bond acceptors (Lipinski definition) is 4. The van der Waals surface area contributed by atoms with Crippen LogP contribution in [0, 0.1) is 6.92 Å². The number of benzene rings is 2.